The number of halogens is 3. The van der Waals surface area contributed by atoms with Gasteiger partial charge in [0.15, 0.2) is 6.10 Å². The van der Waals surface area contributed by atoms with E-state index >= 15 is 0 Å². The van der Waals surface area contributed by atoms with Gasteiger partial charge in [-0.15, -0.1) is 0 Å². The van der Waals surface area contributed by atoms with Crippen molar-refractivity contribution < 1.29 is 37.2 Å². The Bertz CT molecular complexity index is 1060. The number of hydrogen-bond donors (Lipinski definition) is 3. The fraction of sp³-hybridized carbons (Fsp3) is 0.417. The van der Waals surface area contributed by atoms with Crippen molar-refractivity contribution in [1.82, 2.24) is 5.32 Å². The molecule has 35 heavy (non-hydrogen) atoms. The van der Waals surface area contributed by atoms with Gasteiger partial charge in [0.05, 0.1) is 16.8 Å². The first-order chi connectivity index (χ1) is 16.1. The van der Waals surface area contributed by atoms with Gasteiger partial charge < -0.3 is 25.5 Å². The molecule has 3 rings (SSSR count). The van der Waals surface area contributed by atoms with Gasteiger partial charge in [-0.1, -0.05) is 36.4 Å². The molecule has 1 saturated heterocycles. The van der Waals surface area contributed by atoms with Crippen molar-refractivity contribution in [3.05, 3.63) is 65.2 Å². The van der Waals surface area contributed by atoms with Crippen LogP contribution < -0.4 is 16.5 Å². The Balaban J connectivity index is 1.65. The van der Waals surface area contributed by atoms with Crippen molar-refractivity contribution in [2.24, 2.45) is 5.73 Å². The van der Waals surface area contributed by atoms with Gasteiger partial charge in [-0.05, 0) is 56.4 Å². The summed E-state index contributed by atoms with van der Waals surface area (Å²) in [5.41, 5.74) is 4.94. The number of aliphatic hydroxyl groups is 1. The normalized spacial score (nSPS) is 18.7. The van der Waals surface area contributed by atoms with Crippen molar-refractivity contribution in [2.45, 2.75) is 63.6 Å². The maximum Gasteiger partial charge on any atom is 0.494 e. The molecule has 11 heteroatoms. The fourth-order valence-electron chi connectivity index (χ4n) is 3.50. The predicted molar refractivity (Wildman–Crippen MR) is 123 cm³/mol. The Labute approximate surface area is 201 Å². The van der Waals surface area contributed by atoms with E-state index in [4.69, 9.17) is 15.0 Å². The van der Waals surface area contributed by atoms with Gasteiger partial charge >= 0.3 is 13.3 Å². The standard InChI is InChI=1S/C24H28BF3N2O5/c1-22(2)23(3,4)35-25(34-22)17-11-5-14(6-12-17)13-18(20(29)32)30-21(33)19(31)15-7-9-16(10-8-15)24(26,27)28/h5-12,18-19,31H,13H2,1-4H3,(H2,29,32)(H,30,33)/t18-,19-/m1/s1. The zero-order valence-corrected chi connectivity index (χ0v) is 19.8. The van der Waals surface area contributed by atoms with Crippen LogP contribution in [-0.2, 0) is 31.5 Å². The second kappa shape index (κ2) is 9.64. The molecule has 2 atom stereocenters. The largest absolute Gasteiger partial charge is 0.494 e. The van der Waals surface area contributed by atoms with Crippen molar-refractivity contribution >= 4 is 24.4 Å². The van der Waals surface area contributed by atoms with Crippen LogP contribution >= 0.6 is 0 Å². The average Bonchev–Trinajstić information content (AvgIpc) is 2.99. The molecule has 4 N–H and O–H groups in total. The maximum atomic E-state index is 12.7. The molecule has 0 aromatic heterocycles. The molecule has 0 spiro atoms. The third-order valence-electron chi connectivity index (χ3n) is 6.41. The minimum Gasteiger partial charge on any atom is -0.399 e. The van der Waals surface area contributed by atoms with E-state index in [1.807, 2.05) is 27.7 Å². The number of carbonyl (C=O) groups excluding carboxylic acids is 2. The summed E-state index contributed by atoms with van der Waals surface area (Å²) in [5.74, 6) is -1.78. The third-order valence-corrected chi connectivity index (χ3v) is 6.41. The van der Waals surface area contributed by atoms with Gasteiger partial charge in [0.1, 0.15) is 6.04 Å². The average molecular weight is 492 g/mol. The van der Waals surface area contributed by atoms with Crippen LogP contribution in [0.25, 0.3) is 0 Å². The number of rotatable bonds is 7. The fourth-order valence-corrected chi connectivity index (χ4v) is 3.50. The summed E-state index contributed by atoms with van der Waals surface area (Å²) >= 11 is 0. The summed E-state index contributed by atoms with van der Waals surface area (Å²) in [4.78, 5) is 24.4. The molecule has 0 aliphatic carbocycles. The van der Waals surface area contributed by atoms with E-state index in [1.165, 1.54) is 0 Å². The zero-order valence-electron chi connectivity index (χ0n) is 19.8. The highest BCUT2D eigenvalue weighted by Gasteiger charge is 2.51. The van der Waals surface area contributed by atoms with E-state index in [-0.39, 0.29) is 12.0 Å². The van der Waals surface area contributed by atoms with E-state index < -0.39 is 54.0 Å². The number of carbonyl (C=O) groups is 2. The minimum atomic E-state index is -4.54. The lowest BCUT2D eigenvalue weighted by atomic mass is 9.78. The monoisotopic (exact) mass is 492 g/mol. The van der Waals surface area contributed by atoms with Crippen molar-refractivity contribution in [2.75, 3.05) is 0 Å². The van der Waals surface area contributed by atoms with Gasteiger partial charge in [-0.3, -0.25) is 9.59 Å². The second-order valence-electron chi connectivity index (χ2n) is 9.52. The Morgan fingerprint density at radius 2 is 1.51 bits per heavy atom. The first kappa shape index (κ1) is 26.7. The van der Waals surface area contributed by atoms with Gasteiger partial charge in [0.2, 0.25) is 5.91 Å². The molecule has 0 bridgehead atoms. The molecule has 0 saturated carbocycles. The molecule has 0 radical (unpaired) electrons. The summed E-state index contributed by atoms with van der Waals surface area (Å²) in [6, 6.07) is 9.44. The molecule has 2 aromatic carbocycles. The molecule has 1 aliphatic heterocycles. The lowest BCUT2D eigenvalue weighted by molar-refractivity contribution is -0.137. The van der Waals surface area contributed by atoms with Gasteiger partial charge in [0, 0.05) is 6.42 Å². The van der Waals surface area contributed by atoms with Crippen LogP contribution in [0.15, 0.2) is 48.5 Å². The first-order valence-electron chi connectivity index (χ1n) is 11.0. The number of aliphatic hydroxyl groups excluding tert-OH is 1. The molecule has 0 unspecified atom stereocenters. The number of alkyl halides is 3. The Morgan fingerprint density at radius 1 is 1.00 bits per heavy atom. The van der Waals surface area contributed by atoms with E-state index in [0.29, 0.717) is 5.56 Å². The van der Waals surface area contributed by atoms with E-state index in [1.54, 1.807) is 24.3 Å². The quantitative estimate of drug-likeness (QED) is 0.514. The van der Waals surface area contributed by atoms with Gasteiger partial charge in [0.25, 0.3) is 5.91 Å². The first-order valence-corrected chi connectivity index (χ1v) is 11.0. The summed E-state index contributed by atoms with van der Waals surface area (Å²) in [6.45, 7) is 7.78. The smallest absolute Gasteiger partial charge is 0.399 e. The molecule has 188 valence electrons. The van der Waals surface area contributed by atoms with Crippen LogP contribution in [0, 0.1) is 0 Å². The lowest BCUT2D eigenvalue weighted by Crippen LogP contribution is -2.47. The van der Waals surface area contributed by atoms with Crippen LogP contribution in [0.4, 0.5) is 13.2 Å². The van der Waals surface area contributed by atoms with Crippen molar-refractivity contribution in [3.63, 3.8) is 0 Å². The van der Waals surface area contributed by atoms with Crippen molar-refractivity contribution in [3.8, 4) is 0 Å². The van der Waals surface area contributed by atoms with Gasteiger partial charge in [-0.25, -0.2) is 0 Å². The summed E-state index contributed by atoms with van der Waals surface area (Å²) in [7, 11) is -0.556. The van der Waals surface area contributed by atoms with E-state index in [2.05, 4.69) is 5.32 Å². The highest BCUT2D eigenvalue weighted by atomic mass is 19.4. The Morgan fingerprint density at radius 3 is 1.97 bits per heavy atom. The number of primary amides is 1. The predicted octanol–water partition coefficient (Wildman–Crippen LogP) is 2.25. The van der Waals surface area contributed by atoms with E-state index in [0.717, 1.165) is 29.7 Å². The molecular formula is C24H28BF3N2O5. The number of nitrogens with two attached hydrogens (primary N) is 1. The zero-order chi connectivity index (χ0) is 26.2. The highest BCUT2D eigenvalue weighted by molar-refractivity contribution is 6.62. The van der Waals surface area contributed by atoms with E-state index in [9.17, 15) is 27.9 Å². The SMILES string of the molecule is CC1(C)OB(c2ccc(C[C@@H](NC(=O)[C@H](O)c3ccc(C(F)(F)F)cc3)C(N)=O)cc2)OC1(C)C. The number of hydrogen-bond acceptors (Lipinski definition) is 5. The molecule has 1 aliphatic rings. The van der Waals surface area contributed by atoms with Crippen LogP contribution in [0.2, 0.25) is 0 Å². The molecule has 2 amide bonds. The molecule has 7 nitrogen and oxygen atoms in total. The highest BCUT2D eigenvalue weighted by Crippen LogP contribution is 2.36. The summed E-state index contributed by atoms with van der Waals surface area (Å²) < 4.78 is 50.2. The number of nitrogens with one attached hydrogen (secondary N) is 1. The number of benzene rings is 2. The number of amides is 2. The Kier molecular flexibility index (Phi) is 7.36. The molecular weight excluding hydrogens is 464 g/mol. The second-order valence-corrected chi connectivity index (χ2v) is 9.52. The molecule has 2 aromatic rings. The Hall–Kier alpha value is -2.89. The van der Waals surface area contributed by atoms with Crippen LogP contribution in [0.1, 0.15) is 50.5 Å². The molecule has 1 heterocycles. The summed E-state index contributed by atoms with van der Waals surface area (Å²) in [6.07, 6.45) is -6.27. The lowest BCUT2D eigenvalue weighted by Gasteiger charge is -2.32. The van der Waals surface area contributed by atoms with Crippen LogP contribution in [-0.4, -0.2) is 41.3 Å². The summed E-state index contributed by atoms with van der Waals surface area (Å²) in [5, 5.41) is 12.6. The van der Waals surface area contributed by atoms with Crippen molar-refractivity contribution in [1.29, 1.82) is 0 Å². The third kappa shape index (κ3) is 6.03. The van der Waals surface area contributed by atoms with Crippen LogP contribution in [0.5, 0.6) is 0 Å². The topological polar surface area (TPSA) is 111 Å². The minimum absolute atomic E-state index is 0.0461. The van der Waals surface area contributed by atoms with Gasteiger partial charge in [-0.2, -0.15) is 13.2 Å². The maximum absolute atomic E-state index is 12.7. The van der Waals surface area contributed by atoms with Crippen LogP contribution in [0.3, 0.4) is 0 Å². The molecule has 1 fully saturated rings.